The summed E-state index contributed by atoms with van der Waals surface area (Å²) in [5.41, 5.74) is 10.8. The monoisotopic (exact) mass is 620 g/mol. The molecule has 0 unspecified atom stereocenters. The molecule has 214 valence electrons. The molecule has 5 aromatic rings. The van der Waals surface area contributed by atoms with Gasteiger partial charge in [-0.2, -0.15) is 10.5 Å². The predicted molar refractivity (Wildman–Crippen MR) is 176 cm³/mol. The molecule has 0 atom stereocenters. The van der Waals surface area contributed by atoms with Crippen LogP contribution in [-0.4, -0.2) is 9.97 Å². The molecule has 8 bridgehead atoms. The van der Waals surface area contributed by atoms with Crippen molar-refractivity contribution in [1.82, 2.24) is 19.9 Å². The minimum Gasteiger partial charge on any atom is -0.657 e. The topological polar surface area (TPSA) is 102 Å². The predicted octanol–water partition coefficient (Wildman–Crippen LogP) is 8.23. The van der Waals surface area contributed by atoms with Crippen molar-refractivity contribution in [2.24, 2.45) is 0 Å². The third kappa shape index (κ3) is 5.82. The van der Waals surface area contributed by atoms with Crippen LogP contribution in [0.2, 0.25) is 0 Å². The Morgan fingerprint density at radius 2 is 1.20 bits per heavy atom. The Hall–Kier alpha value is -6.01. The van der Waals surface area contributed by atoms with Crippen LogP contribution in [0.25, 0.3) is 74.7 Å². The first-order valence-corrected chi connectivity index (χ1v) is 14.0. The first kappa shape index (κ1) is 29.1. The number of allylic oxidation sites excluding steroid dienone is 3. The van der Waals surface area contributed by atoms with Crippen LogP contribution in [0.4, 0.5) is 0 Å². The van der Waals surface area contributed by atoms with Crippen molar-refractivity contribution in [3.63, 3.8) is 0 Å². The molecule has 0 saturated heterocycles. The first-order chi connectivity index (χ1) is 21.7. The van der Waals surface area contributed by atoms with Gasteiger partial charge in [0.15, 0.2) is 0 Å². The molecule has 45 heavy (non-hydrogen) atoms. The van der Waals surface area contributed by atoms with Gasteiger partial charge < -0.3 is 9.97 Å². The molecule has 3 aromatic heterocycles. The van der Waals surface area contributed by atoms with Crippen molar-refractivity contribution in [1.29, 1.82) is 10.5 Å². The Balaban J connectivity index is 0.00000357. The van der Waals surface area contributed by atoms with E-state index in [4.69, 9.17) is 19.9 Å². The fraction of sp³-hybridized carbons (Fsp3) is 0. The molecule has 0 amide bonds. The van der Waals surface area contributed by atoms with E-state index in [1.807, 2.05) is 109 Å². The van der Waals surface area contributed by atoms with Crippen LogP contribution in [0.1, 0.15) is 28.3 Å². The largest absolute Gasteiger partial charge is 2.00 e. The minimum atomic E-state index is 0. The molecule has 0 N–H and O–H groups in total. The summed E-state index contributed by atoms with van der Waals surface area (Å²) in [7, 11) is 0. The quantitative estimate of drug-likeness (QED) is 0.112. The normalized spacial score (nSPS) is 11.5. The van der Waals surface area contributed by atoms with Gasteiger partial charge in [0.1, 0.15) is 17.7 Å². The Morgan fingerprint density at radius 3 is 1.89 bits per heavy atom. The van der Waals surface area contributed by atoms with Crippen molar-refractivity contribution in [3.05, 3.63) is 137 Å². The summed E-state index contributed by atoms with van der Waals surface area (Å²) in [6, 6.07) is 33.9. The fourth-order valence-corrected chi connectivity index (χ4v) is 5.36. The van der Waals surface area contributed by atoms with Crippen LogP contribution in [0.15, 0.2) is 109 Å². The fourth-order valence-electron chi connectivity index (χ4n) is 5.36. The molecule has 0 aliphatic carbocycles. The van der Waals surface area contributed by atoms with E-state index in [0.29, 0.717) is 11.2 Å². The molecule has 0 fully saturated rings. The molecule has 2 aliphatic heterocycles. The second-order valence-electron chi connectivity index (χ2n) is 10.1. The third-order valence-corrected chi connectivity index (χ3v) is 7.37. The average molecular weight is 621 g/mol. The third-order valence-electron chi connectivity index (χ3n) is 7.37. The Labute approximate surface area is 270 Å². The molecule has 6 nitrogen and oxygen atoms in total. The number of nitriles is 2. The van der Waals surface area contributed by atoms with E-state index in [1.54, 1.807) is 6.08 Å². The molecule has 5 heterocycles. The smallest absolute Gasteiger partial charge is 0.657 e. The number of hydrogen-bond donors (Lipinski definition) is 0. The van der Waals surface area contributed by atoms with Gasteiger partial charge in [0.2, 0.25) is 0 Å². The van der Waals surface area contributed by atoms with E-state index >= 15 is 0 Å². The molecule has 7 rings (SSSR count). The van der Waals surface area contributed by atoms with E-state index in [-0.39, 0.29) is 22.1 Å². The summed E-state index contributed by atoms with van der Waals surface area (Å²) in [5.74, 6) is 0. The summed E-state index contributed by atoms with van der Waals surface area (Å²) in [6.07, 6.45) is 13.0. The molecule has 0 spiro atoms. The van der Waals surface area contributed by atoms with Crippen molar-refractivity contribution in [2.75, 3.05) is 0 Å². The zero-order valence-corrected chi connectivity index (χ0v) is 24.7. The zero-order valence-electron chi connectivity index (χ0n) is 23.7. The van der Waals surface area contributed by atoms with Crippen LogP contribution in [-0.2, 0) is 16.5 Å². The molecule has 0 saturated carbocycles. The zero-order chi connectivity index (χ0) is 29.9. The van der Waals surface area contributed by atoms with Gasteiger partial charge in [-0.05, 0) is 58.2 Å². The van der Waals surface area contributed by atoms with Crippen molar-refractivity contribution in [3.8, 4) is 34.4 Å². The van der Waals surface area contributed by atoms with Gasteiger partial charge in [0, 0.05) is 0 Å². The number of fused-ring (bicyclic) bond motifs is 8. The number of benzene rings is 2. The molecule has 2 aromatic carbocycles. The van der Waals surface area contributed by atoms with Gasteiger partial charge in [0.05, 0.1) is 22.8 Å². The van der Waals surface area contributed by atoms with E-state index in [1.165, 1.54) is 6.08 Å². The van der Waals surface area contributed by atoms with Crippen LogP contribution >= 0.6 is 0 Å². The number of nitrogens with zero attached hydrogens (tertiary/aromatic N) is 6. The van der Waals surface area contributed by atoms with Crippen molar-refractivity contribution < 1.29 is 16.5 Å². The summed E-state index contributed by atoms with van der Waals surface area (Å²) < 4.78 is 0. The second kappa shape index (κ2) is 12.7. The van der Waals surface area contributed by atoms with Crippen LogP contribution in [0.3, 0.4) is 0 Å². The van der Waals surface area contributed by atoms with Gasteiger partial charge in [-0.25, -0.2) is 9.97 Å². The van der Waals surface area contributed by atoms with Crippen LogP contribution in [0, 0.1) is 22.7 Å². The van der Waals surface area contributed by atoms with E-state index in [0.717, 1.165) is 61.4 Å². The van der Waals surface area contributed by atoms with Gasteiger partial charge in [-0.3, -0.25) is 0 Å². The second-order valence-corrected chi connectivity index (χ2v) is 10.1. The first-order valence-electron chi connectivity index (χ1n) is 14.0. The number of hydrogen-bond acceptors (Lipinski definition) is 4. The molecular formula is C38H22N6Ni. The SMILES string of the molecule is N#CC(C#N)=C/C=C/c1c2nc(c(-c3ccccc3)c3ccc(cc4nc(c(-c5ccccc5)c5ccc1[n-]5)C=C4)[n-]3)C=C2.[Ni+2]. The van der Waals surface area contributed by atoms with Gasteiger partial charge in [0.25, 0.3) is 0 Å². The van der Waals surface area contributed by atoms with Gasteiger partial charge in [-0.15, -0.1) is 22.1 Å². The Kier molecular flexibility index (Phi) is 8.21. The van der Waals surface area contributed by atoms with E-state index in [2.05, 4.69) is 24.3 Å². The Bertz CT molecular complexity index is 2240. The van der Waals surface area contributed by atoms with Gasteiger partial charge >= 0.3 is 16.5 Å². The molecular weight excluding hydrogens is 599 g/mol. The maximum Gasteiger partial charge on any atom is 2.00 e. The summed E-state index contributed by atoms with van der Waals surface area (Å²) in [5, 5.41) is 18.5. The average Bonchev–Trinajstić information content (AvgIpc) is 3.89. The van der Waals surface area contributed by atoms with Crippen LogP contribution < -0.4 is 9.97 Å². The van der Waals surface area contributed by atoms with E-state index < -0.39 is 0 Å². The van der Waals surface area contributed by atoms with Crippen LogP contribution in [0.5, 0.6) is 0 Å². The van der Waals surface area contributed by atoms with Gasteiger partial charge in [-0.1, -0.05) is 103 Å². The Morgan fingerprint density at radius 1 is 0.622 bits per heavy atom. The molecule has 2 aliphatic rings. The number of aromatic nitrogens is 4. The maximum atomic E-state index is 9.25. The number of rotatable bonds is 4. The maximum absolute atomic E-state index is 9.25. The van der Waals surface area contributed by atoms with E-state index in [9.17, 15) is 10.5 Å². The molecule has 7 heteroatoms. The standard InChI is InChI=1S/C38H22N6.Ni/c39-23-25(24-40)8-7-13-30-31-18-20-35(43-31)37(26-9-3-1-4-10-26)33-16-14-28(41-33)22-29-15-17-34(42-29)38(27-11-5-2-6-12-27)36-21-19-32(30)44-36;/h1-22H;/q-2;+2/b13-7+,28-22?,29-22?,31-30?,32-30?,37-33?,37-35?,38-34?,38-36?;. The van der Waals surface area contributed by atoms with Crippen molar-refractivity contribution >= 4 is 52.4 Å². The summed E-state index contributed by atoms with van der Waals surface area (Å²) in [6.45, 7) is 0. The summed E-state index contributed by atoms with van der Waals surface area (Å²) >= 11 is 0. The minimum absolute atomic E-state index is 0. The van der Waals surface area contributed by atoms with Crippen molar-refractivity contribution in [2.45, 2.75) is 0 Å². The summed E-state index contributed by atoms with van der Waals surface area (Å²) in [4.78, 5) is 20.1. The molecule has 0 radical (unpaired) electrons.